The third-order valence-electron chi connectivity index (χ3n) is 19.1. The summed E-state index contributed by atoms with van der Waals surface area (Å²) in [5.41, 5.74) is 3.36. The van der Waals surface area contributed by atoms with Gasteiger partial charge < -0.3 is 4.18 Å². The first-order valence-electron chi connectivity index (χ1n) is 37.4. The third-order valence-corrected chi connectivity index (χ3v) is 26.4. The van der Waals surface area contributed by atoms with Crippen LogP contribution < -0.4 is 4.18 Å². The molecule has 13 aromatic rings. The monoisotopic (exact) mass is 1660 g/mol. The molecule has 0 bridgehead atoms. The zero-order valence-electron chi connectivity index (χ0n) is 60.2. The van der Waals surface area contributed by atoms with Crippen LogP contribution in [0.1, 0.15) is 208 Å². The van der Waals surface area contributed by atoms with E-state index < -0.39 is 21.4 Å². The topological polar surface area (TPSA) is 43.4 Å². The van der Waals surface area contributed by atoms with E-state index in [1.54, 1.807) is 17.4 Å². The number of alkyl halides is 3. The Morgan fingerprint density at radius 1 is 0.404 bits per heavy atom. The van der Waals surface area contributed by atoms with Crippen LogP contribution in [0.4, 0.5) is 13.2 Å². The molecule has 104 heavy (non-hydrogen) atoms. The van der Waals surface area contributed by atoms with E-state index in [1.807, 2.05) is 41.0 Å². The second-order valence-electron chi connectivity index (χ2n) is 27.2. The first-order chi connectivity index (χ1) is 50.6. The summed E-state index contributed by atoms with van der Waals surface area (Å²) >= 11 is 12.3. The Bertz CT molecular complexity index is 5020. The average molecular weight is 1660 g/mol. The molecular formula is C91H95Br2F3O3S4Se. The van der Waals surface area contributed by atoms with Crippen molar-refractivity contribution < 1.29 is 25.8 Å². The number of terminal acetylenes is 1. The van der Waals surface area contributed by atoms with E-state index in [0.717, 1.165) is 36.6 Å². The summed E-state index contributed by atoms with van der Waals surface area (Å²) in [7, 11) is -5.70. The standard InChI is InChI=1S/C30H31BrS.C30H32SSe.C18H26.C13H6BrF3O3S2/c1-2-3-4-5-6-7-8-9-10-23-11-13-24(14-12-23)15-16-25-19-27-20-26-17-18-32-30(26)22-28(27)21-29(25)31;1-2-3-4-5-6-7-8-9-10-22-11-13-23(14-12-22)29-21-27-18-25-17-24-15-16-31-28(24)19-26(25)20-30(27)32-29;1-3-5-6-7-8-9-10-11-12-18-15-13-17(4-2)14-16-18;14-10-4-9-6-12-7(1-2-21-12)3-8(9)5-11(10)20-22(18,19)13(15,16)17/h11-14,17-22H,2-10H2,1H3;11-21H,2-10H2,1H3;2,13-16H,3,5-12H2,1H3;1-6H. The fraction of sp³-hybridized carbons (Fsp3) is 0.341. The van der Waals surface area contributed by atoms with Gasteiger partial charge in [-0.15, -0.1) is 29.1 Å². The van der Waals surface area contributed by atoms with Gasteiger partial charge in [-0.05, 0) is 197 Å². The van der Waals surface area contributed by atoms with Crippen molar-refractivity contribution in [3.8, 4) is 39.9 Å². The Hall–Kier alpha value is -6.48. The summed E-state index contributed by atoms with van der Waals surface area (Å²) in [6.07, 6.45) is 42.1. The van der Waals surface area contributed by atoms with Crippen molar-refractivity contribution in [1.29, 1.82) is 0 Å². The Labute approximate surface area is 650 Å². The second-order valence-corrected chi connectivity index (χ2v) is 35.6. The number of benzene rings is 9. The summed E-state index contributed by atoms with van der Waals surface area (Å²) in [5, 5.41) is 17.8. The van der Waals surface area contributed by atoms with Crippen LogP contribution in [0.25, 0.3) is 82.2 Å². The Kier molecular flexibility index (Phi) is 31.6. The first kappa shape index (κ1) is 80.1. The quantitative estimate of drug-likeness (QED) is 0.0148. The normalized spacial score (nSPS) is 11.5. The molecule has 0 atom stereocenters. The van der Waals surface area contributed by atoms with Gasteiger partial charge in [0.15, 0.2) is 5.75 Å². The fourth-order valence-corrected chi connectivity index (χ4v) is 19.3. The van der Waals surface area contributed by atoms with Crippen molar-refractivity contribution in [2.75, 3.05) is 0 Å². The van der Waals surface area contributed by atoms with Gasteiger partial charge in [0.1, 0.15) is 0 Å². The van der Waals surface area contributed by atoms with Crippen LogP contribution in [0.5, 0.6) is 5.75 Å². The van der Waals surface area contributed by atoms with Crippen molar-refractivity contribution in [1.82, 2.24) is 0 Å². The van der Waals surface area contributed by atoms with Gasteiger partial charge in [0.05, 0.1) is 4.47 Å². The van der Waals surface area contributed by atoms with E-state index in [4.69, 9.17) is 6.42 Å². The van der Waals surface area contributed by atoms with Crippen molar-refractivity contribution in [3.63, 3.8) is 0 Å². The number of unbranched alkanes of at least 4 members (excludes halogenated alkanes) is 21. The number of hydrogen-bond donors (Lipinski definition) is 0. The summed E-state index contributed by atoms with van der Waals surface area (Å²) < 4.78 is 71.6. The molecule has 0 aliphatic rings. The smallest absolute Gasteiger partial charge is 0.375 e. The molecule has 4 heterocycles. The summed E-state index contributed by atoms with van der Waals surface area (Å²) in [6.45, 7) is 6.84. The zero-order valence-corrected chi connectivity index (χ0v) is 68.4. The zero-order chi connectivity index (χ0) is 73.1. The molecule has 13 heteroatoms. The largest absolute Gasteiger partial charge is 0.534 e. The molecule has 0 radical (unpaired) electrons. The van der Waals surface area contributed by atoms with Gasteiger partial charge in [0.2, 0.25) is 0 Å². The van der Waals surface area contributed by atoms with Gasteiger partial charge >= 0.3 is 199 Å². The number of rotatable bonds is 30. The molecule has 9 aromatic carbocycles. The minimum absolute atomic E-state index is 0.128. The van der Waals surface area contributed by atoms with E-state index in [2.05, 4.69) is 213 Å². The van der Waals surface area contributed by atoms with Gasteiger partial charge in [-0.25, -0.2) is 0 Å². The van der Waals surface area contributed by atoms with E-state index in [9.17, 15) is 21.6 Å². The van der Waals surface area contributed by atoms with E-state index >= 15 is 0 Å². The number of aryl methyl sites for hydroxylation is 3. The number of thiophene rings is 3. The Morgan fingerprint density at radius 3 is 1.22 bits per heavy atom. The molecule has 0 saturated heterocycles. The van der Waals surface area contributed by atoms with Crippen LogP contribution in [0, 0.1) is 24.2 Å². The molecule has 0 spiro atoms. The number of fused-ring (bicyclic) bond motifs is 7. The van der Waals surface area contributed by atoms with Gasteiger partial charge in [-0.3, -0.25) is 0 Å². The van der Waals surface area contributed by atoms with E-state index in [0.29, 0.717) is 19.9 Å². The van der Waals surface area contributed by atoms with Gasteiger partial charge in [-0.1, -0.05) is 166 Å². The molecule has 0 aliphatic heterocycles. The molecule has 0 amide bonds. The molecule has 13 rings (SSSR count). The van der Waals surface area contributed by atoms with Gasteiger partial charge in [-0.2, -0.15) is 21.6 Å². The van der Waals surface area contributed by atoms with Gasteiger partial charge in [0.25, 0.3) is 0 Å². The SMILES string of the molecule is C#Cc1ccc(CCCCCCCCCC)cc1.CCCCCCCCCCc1ccc(-c2cc3cc4cc5ccsc5cc4cc3[se]2)cc1.CCCCCCCCCCc1ccc(C#Cc2cc3cc4ccsc4cc3cc2Br)cc1.O=S(=O)(Oc1cc2cc3ccsc3cc2cc1Br)C(F)(F)F. The molecule has 4 aromatic heterocycles. The van der Waals surface area contributed by atoms with Crippen LogP contribution in [-0.4, -0.2) is 28.4 Å². The maximum absolute atomic E-state index is 12.4. The minimum atomic E-state index is -5.70. The predicted octanol–water partition coefficient (Wildman–Crippen LogP) is 29.9. The van der Waals surface area contributed by atoms with Crippen LogP contribution >= 0.6 is 65.9 Å². The molecule has 542 valence electrons. The second kappa shape index (κ2) is 41.0. The predicted molar refractivity (Wildman–Crippen MR) is 455 cm³/mol. The van der Waals surface area contributed by atoms with Crippen molar-refractivity contribution in [3.05, 3.63) is 228 Å². The summed E-state index contributed by atoms with van der Waals surface area (Å²) in [4.78, 5) is 0. The van der Waals surface area contributed by atoms with Crippen LogP contribution in [0.2, 0.25) is 0 Å². The van der Waals surface area contributed by atoms with E-state index in [1.165, 1.54) is 275 Å². The minimum Gasteiger partial charge on any atom is -0.375 e. The first-order valence-corrected chi connectivity index (χ1v) is 44.7. The maximum Gasteiger partial charge on any atom is 0.534 e. The fourth-order valence-electron chi connectivity index (χ4n) is 13.0. The molecular weight excluding hydrogens is 1570 g/mol. The number of hydrogen-bond acceptors (Lipinski definition) is 6. The van der Waals surface area contributed by atoms with Crippen LogP contribution in [0.15, 0.2) is 195 Å². The molecule has 3 nitrogen and oxygen atoms in total. The third kappa shape index (κ3) is 24.0. The van der Waals surface area contributed by atoms with Gasteiger partial charge in [0, 0.05) is 30.6 Å². The number of halogens is 5. The maximum atomic E-state index is 12.4. The Balaban J connectivity index is 0.000000153. The Morgan fingerprint density at radius 2 is 0.779 bits per heavy atom. The average Bonchev–Trinajstić information content (AvgIpc) is 1.69. The molecule has 0 saturated carbocycles. The van der Waals surface area contributed by atoms with Crippen LogP contribution in [0.3, 0.4) is 0 Å². The van der Waals surface area contributed by atoms with Crippen molar-refractivity contribution >= 4 is 163 Å². The summed E-state index contributed by atoms with van der Waals surface area (Å²) in [6, 6.07) is 60.3. The molecule has 0 aliphatic carbocycles. The van der Waals surface area contributed by atoms with Crippen molar-refractivity contribution in [2.45, 2.75) is 200 Å². The van der Waals surface area contributed by atoms with Crippen molar-refractivity contribution in [2.24, 2.45) is 0 Å². The molecule has 0 fully saturated rings. The molecule has 0 N–H and O–H groups in total. The summed E-state index contributed by atoms with van der Waals surface area (Å²) in [5.74, 6) is 8.97. The van der Waals surface area contributed by atoms with Crippen LogP contribution in [-0.2, 0) is 29.4 Å². The molecule has 0 unspecified atom stereocenters. The van der Waals surface area contributed by atoms with E-state index in [-0.39, 0.29) is 4.47 Å².